The van der Waals surface area contributed by atoms with Gasteiger partial charge in [0, 0.05) is 30.8 Å². The SMILES string of the molecule is CN(C)c1ccc(CNS(=O)(=O)c2ccc(Br)cc2)cc1. The molecular weight excluding hydrogens is 352 g/mol. The highest BCUT2D eigenvalue weighted by Gasteiger charge is 2.13. The Labute approximate surface area is 134 Å². The Balaban J connectivity index is 2.06. The molecular formula is C15H17BrN2O2S. The highest BCUT2D eigenvalue weighted by Crippen LogP contribution is 2.16. The van der Waals surface area contributed by atoms with E-state index in [4.69, 9.17) is 0 Å². The molecule has 2 aromatic rings. The molecule has 1 N–H and O–H groups in total. The number of rotatable bonds is 5. The molecule has 112 valence electrons. The summed E-state index contributed by atoms with van der Waals surface area (Å²) in [4.78, 5) is 2.26. The normalized spacial score (nSPS) is 11.4. The maximum Gasteiger partial charge on any atom is 0.240 e. The van der Waals surface area contributed by atoms with Crippen molar-refractivity contribution in [3.05, 3.63) is 58.6 Å². The summed E-state index contributed by atoms with van der Waals surface area (Å²) in [6.07, 6.45) is 0. The number of hydrogen-bond acceptors (Lipinski definition) is 3. The first kappa shape index (κ1) is 16.0. The summed E-state index contributed by atoms with van der Waals surface area (Å²) < 4.78 is 27.8. The summed E-state index contributed by atoms with van der Waals surface area (Å²) in [6.45, 7) is 0.270. The zero-order valence-electron chi connectivity index (χ0n) is 11.9. The van der Waals surface area contributed by atoms with Crippen LogP contribution in [0, 0.1) is 0 Å². The highest BCUT2D eigenvalue weighted by molar-refractivity contribution is 9.10. The number of sulfonamides is 1. The third-order valence-electron chi connectivity index (χ3n) is 3.04. The Morgan fingerprint density at radius 3 is 2.10 bits per heavy atom. The van der Waals surface area contributed by atoms with E-state index < -0.39 is 10.0 Å². The number of halogens is 1. The maximum atomic E-state index is 12.2. The maximum absolute atomic E-state index is 12.2. The second-order valence-electron chi connectivity index (χ2n) is 4.84. The molecule has 0 saturated heterocycles. The minimum Gasteiger partial charge on any atom is -0.378 e. The fourth-order valence-corrected chi connectivity index (χ4v) is 3.07. The smallest absolute Gasteiger partial charge is 0.240 e. The van der Waals surface area contributed by atoms with Crippen LogP contribution in [0.1, 0.15) is 5.56 Å². The second-order valence-corrected chi connectivity index (χ2v) is 7.52. The number of benzene rings is 2. The predicted molar refractivity (Wildman–Crippen MR) is 88.9 cm³/mol. The molecule has 0 aliphatic rings. The van der Waals surface area contributed by atoms with Gasteiger partial charge in [-0.2, -0.15) is 0 Å². The van der Waals surface area contributed by atoms with E-state index in [1.54, 1.807) is 24.3 Å². The minimum atomic E-state index is -3.48. The molecule has 4 nitrogen and oxygen atoms in total. The lowest BCUT2D eigenvalue weighted by Gasteiger charge is -2.13. The largest absolute Gasteiger partial charge is 0.378 e. The van der Waals surface area contributed by atoms with Gasteiger partial charge < -0.3 is 4.90 Å². The molecule has 6 heteroatoms. The number of hydrogen-bond donors (Lipinski definition) is 1. The van der Waals surface area contributed by atoms with Crippen molar-refractivity contribution < 1.29 is 8.42 Å². The van der Waals surface area contributed by atoms with Crippen molar-refractivity contribution in [1.82, 2.24) is 4.72 Å². The van der Waals surface area contributed by atoms with Gasteiger partial charge in [-0.15, -0.1) is 0 Å². The highest BCUT2D eigenvalue weighted by atomic mass is 79.9. The Morgan fingerprint density at radius 2 is 1.57 bits per heavy atom. The van der Waals surface area contributed by atoms with Crippen LogP contribution in [0.3, 0.4) is 0 Å². The zero-order chi connectivity index (χ0) is 15.5. The average Bonchev–Trinajstić information content (AvgIpc) is 2.46. The van der Waals surface area contributed by atoms with Crippen LogP contribution >= 0.6 is 15.9 Å². The molecule has 0 unspecified atom stereocenters. The van der Waals surface area contributed by atoms with E-state index in [-0.39, 0.29) is 11.4 Å². The van der Waals surface area contributed by atoms with Crippen LogP contribution in [0.25, 0.3) is 0 Å². The molecule has 21 heavy (non-hydrogen) atoms. The van der Waals surface area contributed by atoms with Crippen molar-refractivity contribution in [3.8, 4) is 0 Å². The third kappa shape index (κ3) is 4.30. The van der Waals surface area contributed by atoms with E-state index in [1.165, 1.54) is 0 Å². The molecule has 0 bridgehead atoms. The summed E-state index contributed by atoms with van der Waals surface area (Å²) in [5, 5.41) is 0. The first-order valence-electron chi connectivity index (χ1n) is 6.40. The van der Waals surface area contributed by atoms with Gasteiger partial charge in [-0.25, -0.2) is 13.1 Å². The van der Waals surface area contributed by atoms with Crippen molar-refractivity contribution in [2.24, 2.45) is 0 Å². The molecule has 0 radical (unpaired) electrons. The van der Waals surface area contributed by atoms with Crippen LogP contribution in [-0.4, -0.2) is 22.5 Å². The second kappa shape index (κ2) is 6.60. The van der Waals surface area contributed by atoms with E-state index in [2.05, 4.69) is 20.7 Å². The minimum absolute atomic E-state index is 0.260. The van der Waals surface area contributed by atoms with Crippen LogP contribution in [-0.2, 0) is 16.6 Å². The van der Waals surface area contributed by atoms with Crippen LogP contribution < -0.4 is 9.62 Å². The van der Waals surface area contributed by atoms with Gasteiger partial charge in [-0.1, -0.05) is 28.1 Å². The molecule has 0 amide bonds. The van der Waals surface area contributed by atoms with Crippen LogP contribution in [0.4, 0.5) is 5.69 Å². The molecule has 2 aromatic carbocycles. The summed E-state index contributed by atoms with van der Waals surface area (Å²) in [5.74, 6) is 0. The van der Waals surface area contributed by atoms with Crippen LogP contribution in [0.5, 0.6) is 0 Å². The van der Waals surface area contributed by atoms with Crippen molar-refractivity contribution in [1.29, 1.82) is 0 Å². The monoisotopic (exact) mass is 368 g/mol. The number of nitrogens with zero attached hydrogens (tertiary/aromatic N) is 1. The molecule has 0 atom stereocenters. The van der Waals surface area contributed by atoms with Crippen LogP contribution in [0.2, 0.25) is 0 Å². The molecule has 0 saturated carbocycles. The molecule has 0 aromatic heterocycles. The average molecular weight is 369 g/mol. The fourth-order valence-electron chi connectivity index (χ4n) is 1.79. The van der Waals surface area contributed by atoms with Crippen molar-refractivity contribution >= 4 is 31.6 Å². The molecule has 0 fully saturated rings. The summed E-state index contributed by atoms with van der Waals surface area (Å²) >= 11 is 3.29. The first-order valence-corrected chi connectivity index (χ1v) is 8.67. The number of anilines is 1. The van der Waals surface area contributed by atoms with Crippen molar-refractivity contribution in [3.63, 3.8) is 0 Å². The zero-order valence-corrected chi connectivity index (χ0v) is 14.3. The summed E-state index contributed by atoms with van der Waals surface area (Å²) in [5.41, 5.74) is 2.00. The standard InChI is InChI=1S/C15H17BrN2O2S/c1-18(2)14-7-3-12(4-8-14)11-17-21(19,20)15-9-5-13(16)6-10-15/h3-10,17H,11H2,1-2H3. The molecule has 0 aliphatic carbocycles. The lowest BCUT2D eigenvalue weighted by Crippen LogP contribution is -2.23. The van der Waals surface area contributed by atoms with Crippen molar-refractivity contribution in [2.45, 2.75) is 11.4 Å². The Hall–Kier alpha value is -1.37. The van der Waals surface area contributed by atoms with Gasteiger partial charge in [0.25, 0.3) is 0 Å². The van der Waals surface area contributed by atoms with Gasteiger partial charge in [-0.05, 0) is 42.0 Å². The lowest BCUT2D eigenvalue weighted by molar-refractivity contribution is 0.581. The van der Waals surface area contributed by atoms with Gasteiger partial charge in [0.1, 0.15) is 0 Å². The Morgan fingerprint density at radius 1 is 1.00 bits per heavy atom. The predicted octanol–water partition coefficient (Wildman–Crippen LogP) is 2.99. The summed E-state index contributed by atoms with van der Waals surface area (Å²) in [7, 11) is 0.444. The van der Waals surface area contributed by atoms with Crippen molar-refractivity contribution in [2.75, 3.05) is 19.0 Å². The van der Waals surface area contributed by atoms with Crippen LogP contribution in [0.15, 0.2) is 57.9 Å². The fraction of sp³-hybridized carbons (Fsp3) is 0.200. The molecule has 0 aliphatic heterocycles. The molecule has 0 heterocycles. The van der Waals surface area contributed by atoms with E-state index in [9.17, 15) is 8.42 Å². The van der Waals surface area contributed by atoms with Gasteiger partial charge >= 0.3 is 0 Å². The summed E-state index contributed by atoms with van der Waals surface area (Å²) in [6, 6.07) is 14.3. The Bertz CT molecular complexity index is 695. The number of nitrogens with one attached hydrogen (secondary N) is 1. The molecule has 0 spiro atoms. The van der Waals surface area contributed by atoms with E-state index >= 15 is 0 Å². The van der Waals surface area contributed by atoms with Gasteiger partial charge in [-0.3, -0.25) is 0 Å². The Kier molecular flexibility index (Phi) is 5.03. The van der Waals surface area contributed by atoms with E-state index in [1.807, 2.05) is 43.3 Å². The van der Waals surface area contributed by atoms with Gasteiger partial charge in [0.15, 0.2) is 0 Å². The molecule has 2 rings (SSSR count). The quantitative estimate of drug-likeness (QED) is 0.882. The van der Waals surface area contributed by atoms with E-state index in [0.717, 1.165) is 15.7 Å². The third-order valence-corrected chi connectivity index (χ3v) is 4.99. The lowest BCUT2D eigenvalue weighted by atomic mass is 10.2. The first-order chi connectivity index (χ1) is 9.88. The van der Waals surface area contributed by atoms with Gasteiger partial charge in [0.2, 0.25) is 10.0 Å². The van der Waals surface area contributed by atoms with E-state index in [0.29, 0.717) is 0 Å². The topological polar surface area (TPSA) is 49.4 Å². The van der Waals surface area contributed by atoms with Gasteiger partial charge in [0.05, 0.1) is 4.90 Å².